The van der Waals surface area contributed by atoms with E-state index in [-0.39, 0.29) is 12.4 Å². The van der Waals surface area contributed by atoms with Crippen molar-refractivity contribution in [3.63, 3.8) is 0 Å². The van der Waals surface area contributed by atoms with Gasteiger partial charge in [0, 0.05) is 10.2 Å². The molecule has 0 bridgehead atoms. The van der Waals surface area contributed by atoms with Gasteiger partial charge in [-0.3, -0.25) is 4.79 Å². The first kappa shape index (κ1) is 18.5. The van der Waals surface area contributed by atoms with Crippen molar-refractivity contribution in [1.82, 2.24) is 0 Å². The molecule has 0 saturated carbocycles. The molecule has 0 unspecified atom stereocenters. The molecule has 136 valence electrons. The van der Waals surface area contributed by atoms with Crippen LogP contribution in [-0.2, 0) is 14.3 Å². The first-order chi connectivity index (χ1) is 13.0. The Hall–Kier alpha value is -3.31. The highest BCUT2D eigenvalue weighted by molar-refractivity contribution is 9.10. The van der Waals surface area contributed by atoms with Gasteiger partial charge in [-0.15, -0.1) is 0 Å². The van der Waals surface area contributed by atoms with Crippen molar-refractivity contribution >= 4 is 39.6 Å². The summed E-state index contributed by atoms with van der Waals surface area (Å²) in [6.07, 6.45) is 1.36. The molecule has 0 spiro atoms. The lowest BCUT2D eigenvalue weighted by molar-refractivity contribution is -0.142. The molecule has 1 aliphatic rings. The molecule has 2 aromatic rings. The number of benzene rings is 2. The number of carbonyl (C=O) groups excluding carboxylic acids is 2. The quantitative estimate of drug-likeness (QED) is 0.445. The van der Waals surface area contributed by atoms with Crippen molar-refractivity contribution in [2.24, 2.45) is 0 Å². The number of esters is 1. The van der Waals surface area contributed by atoms with Gasteiger partial charge in [-0.25, -0.2) is 4.79 Å². The second-order valence-corrected chi connectivity index (χ2v) is 6.33. The van der Waals surface area contributed by atoms with E-state index in [1.165, 1.54) is 6.08 Å². The van der Waals surface area contributed by atoms with Crippen LogP contribution in [0.15, 0.2) is 52.5 Å². The number of halogens is 1. The summed E-state index contributed by atoms with van der Waals surface area (Å²) < 4.78 is 16.2. The highest BCUT2D eigenvalue weighted by Crippen LogP contribution is 2.33. The average Bonchev–Trinajstić information content (AvgIpc) is 3.12. The Morgan fingerprint density at radius 1 is 1.22 bits per heavy atom. The van der Waals surface area contributed by atoms with Gasteiger partial charge in [0.25, 0.3) is 5.91 Å². The number of amides is 1. The van der Waals surface area contributed by atoms with Crippen molar-refractivity contribution in [3.05, 3.63) is 58.1 Å². The Morgan fingerprint density at radius 2 is 2.04 bits per heavy atom. The fourth-order valence-corrected chi connectivity index (χ4v) is 2.68. The smallest absolute Gasteiger partial charge is 0.349 e. The molecule has 3 rings (SSSR count). The summed E-state index contributed by atoms with van der Waals surface area (Å²) in [7, 11) is 0. The highest BCUT2D eigenvalue weighted by Gasteiger charge is 2.16. The molecule has 0 fully saturated rings. The maximum Gasteiger partial charge on any atom is 0.349 e. The number of fused-ring (bicyclic) bond motifs is 1. The van der Waals surface area contributed by atoms with Gasteiger partial charge < -0.3 is 19.5 Å². The summed E-state index contributed by atoms with van der Waals surface area (Å²) in [6, 6.07) is 13.8. The van der Waals surface area contributed by atoms with Crippen LogP contribution >= 0.6 is 15.9 Å². The fraction of sp³-hybridized carbons (Fsp3) is 0.105. The van der Waals surface area contributed by atoms with Crippen LogP contribution in [0.1, 0.15) is 5.56 Å². The molecule has 0 radical (unpaired) electrons. The van der Waals surface area contributed by atoms with Crippen LogP contribution in [0.2, 0.25) is 0 Å². The van der Waals surface area contributed by atoms with Gasteiger partial charge >= 0.3 is 5.97 Å². The van der Waals surface area contributed by atoms with Crippen molar-refractivity contribution in [2.75, 3.05) is 18.7 Å². The molecule has 2 aromatic carbocycles. The van der Waals surface area contributed by atoms with Crippen LogP contribution in [0, 0.1) is 11.3 Å². The number of nitrogens with zero attached hydrogens (tertiary/aromatic N) is 1. The van der Waals surface area contributed by atoms with E-state index >= 15 is 0 Å². The lowest BCUT2D eigenvalue weighted by Gasteiger charge is -2.06. The van der Waals surface area contributed by atoms with E-state index in [1.54, 1.807) is 42.5 Å². The van der Waals surface area contributed by atoms with E-state index in [2.05, 4.69) is 21.2 Å². The van der Waals surface area contributed by atoms with Gasteiger partial charge in [0.2, 0.25) is 6.79 Å². The third-order valence-electron chi connectivity index (χ3n) is 3.49. The van der Waals surface area contributed by atoms with Gasteiger partial charge in [0.05, 0.1) is 0 Å². The molecule has 1 aliphatic heterocycles. The van der Waals surface area contributed by atoms with Gasteiger partial charge in [0.15, 0.2) is 18.1 Å². The summed E-state index contributed by atoms with van der Waals surface area (Å²) in [4.78, 5) is 24.0. The fourth-order valence-electron chi connectivity index (χ4n) is 2.28. The number of rotatable bonds is 5. The van der Waals surface area contributed by atoms with Gasteiger partial charge in [-0.1, -0.05) is 28.1 Å². The number of hydrogen-bond acceptors (Lipinski definition) is 6. The number of ether oxygens (including phenoxy) is 3. The maximum atomic E-state index is 12.1. The lowest BCUT2D eigenvalue weighted by Crippen LogP contribution is -2.21. The minimum atomic E-state index is -0.889. The Kier molecular flexibility index (Phi) is 5.74. The number of anilines is 1. The zero-order chi connectivity index (χ0) is 19.2. The molecule has 27 heavy (non-hydrogen) atoms. The maximum absolute atomic E-state index is 12.1. The van der Waals surface area contributed by atoms with Crippen LogP contribution < -0.4 is 14.8 Å². The molecule has 8 heteroatoms. The zero-order valence-electron chi connectivity index (χ0n) is 13.9. The van der Waals surface area contributed by atoms with E-state index in [9.17, 15) is 14.9 Å². The van der Waals surface area contributed by atoms with Crippen molar-refractivity contribution in [3.8, 4) is 17.6 Å². The van der Waals surface area contributed by atoms with Crippen LogP contribution in [0.25, 0.3) is 6.08 Å². The molecule has 7 nitrogen and oxygen atoms in total. The number of nitrogens with one attached hydrogen (secondary N) is 1. The molecule has 0 aromatic heterocycles. The molecule has 1 amide bonds. The van der Waals surface area contributed by atoms with Gasteiger partial charge in [-0.2, -0.15) is 5.26 Å². The highest BCUT2D eigenvalue weighted by atomic mass is 79.9. The first-order valence-corrected chi connectivity index (χ1v) is 8.58. The normalized spacial score (nSPS) is 12.2. The van der Waals surface area contributed by atoms with Crippen LogP contribution in [0.3, 0.4) is 0 Å². The summed E-state index contributed by atoms with van der Waals surface area (Å²) in [6.45, 7) is -0.381. The summed E-state index contributed by atoms with van der Waals surface area (Å²) in [5.41, 5.74) is 0.900. The predicted octanol–water partition coefficient (Wildman–Crippen LogP) is 3.27. The first-order valence-electron chi connectivity index (χ1n) is 7.79. The minimum Gasteiger partial charge on any atom is -0.454 e. The number of nitriles is 1. The molecule has 0 aliphatic carbocycles. The van der Waals surface area contributed by atoms with Crippen molar-refractivity contribution in [2.45, 2.75) is 0 Å². The standard InChI is InChI=1S/C19H13BrN2O5/c20-14-2-1-3-15(8-14)22-18(23)10-25-19(24)13(9-21)6-12-4-5-16-17(7-12)27-11-26-16/h1-8H,10-11H2,(H,22,23). The molecule has 0 saturated heterocycles. The van der Waals surface area contributed by atoms with Crippen molar-refractivity contribution in [1.29, 1.82) is 5.26 Å². The Bertz CT molecular complexity index is 965. The number of carbonyl (C=O) groups is 2. The van der Waals surface area contributed by atoms with E-state index < -0.39 is 18.5 Å². The van der Waals surface area contributed by atoms with Crippen LogP contribution in [-0.4, -0.2) is 25.3 Å². The molecule has 0 atom stereocenters. The van der Waals surface area contributed by atoms with E-state index in [0.29, 0.717) is 22.7 Å². The van der Waals surface area contributed by atoms with Crippen molar-refractivity contribution < 1.29 is 23.8 Å². The SMILES string of the molecule is N#CC(=Cc1ccc2c(c1)OCO2)C(=O)OCC(=O)Nc1cccc(Br)c1. The lowest BCUT2D eigenvalue weighted by atomic mass is 10.1. The predicted molar refractivity (Wildman–Crippen MR) is 99.9 cm³/mol. The Labute approximate surface area is 163 Å². The Balaban J connectivity index is 1.60. The Morgan fingerprint density at radius 3 is 2.81 bits per heavy atom. The second-order valence-electron chi connectivity index (χ2n) is 5.42. The topological polar surface area (TPSA) is 97.7 Å². The number of hydrogen-bond donors (Lipinski definition) is 1. The third kappa shape index (κ3) is 4.86. The molecular formula is C19H13BrN2O5. The average molecular weight is 429 g/mol. The minimum absolute atomic E-state index is 0.128. The van der Waals surface area contributed by atoms with Crippen LogP contribution in [0.4, 0.5) is 5.69 Å². The summed E-state index contributed by atoms with van der Waals surface area (Å²) in [5, 5.41) is 11.8. The summed E-state index contributed by atoms with van der Waals surface area (Å²) >= 11 is 3.30. The second kappa shape index (κ2) is 8.38. The molecule has 1 N–H and O–H groups in total. The third-order valence-corrected chi connectivity index (χ3v) is 3.98. The van der Waals surface area contributed by atoms with E-state index in [1.807, 2.05) is 6.07 Å². The largest absolute Gasteiger partial charge is 0.454 e. The van der Waals surface area contributed by atoms with Gasteiger partial charge in [-0.05, 0) is 42.0 Å². The van der Waals surface area contributed by atoms with E-state index in [4.69, 9.17) is 14.2 Å². The van der Waals surface area contributed by atoms with E-state index in [0.717, 1.165) is 4.47 Å². The monoisotopic (exact) mass is 428 g/mol. The molecule has 1 heterocycles. The zero-order valence-corrected chi connectivity index (χ0v) is 15.5. The van der Waals surface area contributed by atoms with Crippen LogP contribution in [0.5, 0.6) is 11.5 Å². The molecular weight excluding hydrogens is 416 g/mol. The summed E-state index contributed by atoms with van der Waals surface area (Å²) in [5.74, 6) is -0.276. The van der Waals surface area contributed by atoms with Gasteiger partial charge in [0.1, 0.15) is 11.6 Å².